The average Bonchev–Trinajstić information content (AvgIpc) is 2.38. The average molecular weight is 333 g/mol. The Kier molecular flexibility index (Phi) is 10.3. The smallest absolute Gasteiger partial charge is 0.236 e. The summed E-state index contributed by atoms with van der Waals surface area (Å²) in [5, 5.41) is 2.75. The van der Waals surface area contributed by atoms with Crippen molar-refractivity contribution in [3.05, 3.63) is 35.9 Å². The maximum Gasteiger partial charge on any atom is 0.236 e. The highest BCUT2D eigenvalue weighted by molar-refractivity contribution is 7.84. The van der Waals surface area contributed by atoms with Gasteiger partial charge in [-0.2, -0.15) is 0 Å². The number of rotatable bonds is 8. The van der Waals surface area contributed by atoms with E-state index in [4.69, 9.17) is 5.73 Å². The molecule has 0 spiro atoms. The quantitative estimate of drug-likeness (QED) is 0.763. The molecule has 0 saturated heterocycles. The van der Waals surface area contributed by atoms with E-state index in [-0.39, 0.29) is 18.3 Å². The zero-order chi connectivity index (χ0) is 15.0. The molecule has 0 aromatic heterocycles. The number of benzene rings is 1. The molecule has 0 heterocycles. The Labute approximate surface area is 135 Å². The summed E-state index contributed by atoms with van der Waals surface area (Å²) in [6, 6.07) is 9.23. The molecule has 0 saturated carbocycles. The molecule has 1 rings (SSSR count). The fourth-order valence-electron chi connectivity index (χ4n) is 1.87. The predicted molar refractivity (Wildman–Crippen MR) is 90.8 cm³/mol. The summed E-state index contributed by atoms with van der Waals surface area (Å²) < 4.78 is 11.9. The molecule has 0 aliphatic carbocycles. The molecule has 1 amide bonds. The van der Waals surface area contributed by atoms with Crippen molar-refractivity contribution in [2.45, 2.75) is 32.1 Å². The molecular weight excluding hydrogens is 308 g/mol. The van der Waals surface area contributed by atoms with Crippen LogP contribution in [0.15, 0.2) is 30.3 Å². The van der Waals surface area contributed by atoms with Gasteiger partial charge >= 0.3 is 0 Å². The predicted octanol–water partition coefficient (Wildman–Crippen LogP) is 1.85. The lowest BCUT2D eigenvalue weighted by atomic mass is 10.0. The van der Waals surface area contributed by atoms with Gasteiger partial charge < -0.3 is 11.1 Å². The molecule has 3 N–H and O–H groups in total. The Morgan fingerprint density at radius 3 is 2.48 bits per heavy atom. The Balaban J connectivity index is 0.00000400. The first kappa shape index (κ1) is 20.1. The van der Waals surface area contributed by atoms with E-state index in [1.165, 1.54) is 0 Å². The molecule has 0 aliphatic rings. The Morgan fingerprint density at radius 1 is 1.29 bits per heavy atom. The fourth-order valence-corrected chi connectivity index (χ4v) is 2.90. The molecule has 2 atom stereocenters. The number of hydrogen-bond acceptors (Lipinski definition) is 3. The summed E-state index contributed by atoms with van der Waals surface area (Å²) in [7, 11) is -0.967. The molecule has 0 bridgehead atoms. The van der Waals surface area contributed by atoms with Crippen molar-refractivity contribution >= 4 is 29.1 Å². The lowest BCUT2D eigenvalue weighted by molar-refractivity contribution is -0.122. The van der Waals surface area contributed by atoms with Gasteiger partial charge in [0.1, 0.15) is 0 Å². The first-order valence-electron chi connectivity index (χ1n) is 6.91. The van der Waals surface area contributed by atoms with Crippen LogP contribution in [0.3, 0.4) is 0 Å². The standard InChI is InChI=1S/C15H24N2O2S.ClH/c1-12(2)10-14(16)15(18)17-8-9-20(19)11-13-6-4-3-5-7-13;/h3-7,12,14H,8-11,16H2,1-2H3,(H,17,18);1H/t14-,20?;/m0./s1. The number of carbonyl (C=O) groups excluding carboxylic acids is 1. The van der Waals surface area contributed by atoms with Gasteiger partial charge in [0.05, 0.1) is 6.04 Å². The second-order valence-corrected chi connectivity index (χ2v) is 6.88. The zero-order valence-electron chi connectivity index (χ0n) is 12.6. The number of nitrogens with two attached hydrogens (primary N) is 1. The molecule has 1 aromatic rings. The second kappa shape index (κ2) is 10.8. The van der Waals surface area contributed by atoms with E-state index in [2.05, 4.69) is 5.32 Å². The molecular formula is C15H25ClN2O2S. The summed E-state index contributed by atoms with van der Waals surface area (Å²) in [6.45, 7) is 4.47. The number of carbonyl (C=O) groups is 1. The van der Waals surface area contributed by atoms with Crippen molar-refractivity contribution in [2.75, 3.05) is 12.3 Å². The van der Waals surface area contributed by atoms with Gasteiger partial charge in [-0.1, -0.05) is 44.2 Å². The van der Waals surface area contributed by atoms with Gasteiger partial charge in [-0.25, -0.2) is 0 Å². The van der Waals surface area contributed by atoms with Gasteiger partial charge in [-0.15, -0.1) is 12.4 Å². The minimum absolute atomic E-state index is 0. The van der Waals surface area contributed by atoms with Gasteiger partial charge in [0.15, 0.2) is 0 Å². The molecule has 0 radical (unpaired) electrons. The van der Waals surface area contributed by atoms with Crippen molar-refractivity contribution in [1.29, 1.82) is 0 Å². The molecule has 6 heteroatoms. The number of hydrogen-bond donors (Lipinski definition) is 2. The van der Waals surface area contributed by atoms with E-state index in [1.54, 1.807) is 0 Å². The largest absolute Gasteiger partial charge is 0.354 e. The van der Waals surface area contributed by atoms with Crippen LogP contribution in [0.25, 0.3) is 0 Å². The molecule has 4 nitrogen and oxygen atoms in total. The summed E-state index contributed by atoms with van der Waals surface area (Å²) in [5.41, 5.74) is 6.82. The van der Waals surface area contributed by atoms with E-state index in [0.717, 1.165) is 5.56 Å². The molecule has 0 aliphatic heterocycles. The van der Waals surface area contributed by atoms with Crippen LogP contribution in [0.2, 0.25) is 0 Å². The van der Waals surface area contributed by atoms with Gasteiger partial charge in [-0.3, -0.25) is 9.00 Å². The van der Waals surface area contributed by atoms with E-state index in [0.29, 0.717) is 30.4 Å². The first-order chi connectivity index (χ1) is 9.49. The number of nitrogens with one attached hydrogen (secondary N) is 1. The van der Waals surface area contributed by atoms with Crippen LogP contribution in [0.1, 0.15) is 25.8 Å². The van der Waals surface area contributed by atoms with E-state index >= 15 is 0 Å². The molecule has 0 fully saturated rings. The minimum atomic E-state index is -0.967. The highest BCUT2D eigenvalue weighted by Gasteiger charge is 2.14. The maximum atomic E-state index is 11.9. The molecule has 1 aromatic carbocycles. The van der Waals surface area contributed by atoms with Gasteiger partial charge in [0.25, 0.3) is 0 Å². The lowest BCUT2D eigenvalue weighted by Crippen LogP contribution is -2.42. The summed E-state index contributed by atoms with van der Waals surface area (Å²) in [4.78, 5) is 11.7. The van der Waals surface area contributed by atoms with E-state index in [9.17, 15) is 9.00 Å². The van der Waals surface area contributed by atoms with Gasteiger partial charge in [0.2, 0.25) is 5.91 Å². The maximum absolute atomic E-state index is 11.9. The molecule has 120 valence electrons. The van der Waals surface area contributed by atoms with Crippen LogP contribution in [0.5, 0.6) is 0 Å². The van der Waals surface area contributed by atoms with Crippen molar-refractivity contribution in [2.24, 2.45) is 11.7 Å². The zero-order valence-corrected chi connectivity index (χ0v) is 14.2. The van der Waals surface area contributed by atoms with Crippen LogP contribution in [-0.2, 0) is 21.3 Å². The Morgan fingerprint density at radius 2 is 1.90 bits per heavy atom. The Bertz CT molecular complexity index is 441. The van der Waals surface area contributed by atoms with E-state index in [1.807, 2.05) is 44.2 Å². The van der Waals surface area contributed by atoms with Gasteiger partial charge in [0, 0.05) is 28.9 Å². The summed E-state index contributed by atoms with van der Waals surface area (Å²) >= 11 is 0. The van der Waals surface area contributed by atoms with E-state index < -0.39 is 16.8 Å². The first-order valence-corrected chi connectivity index (χ1v) is 8.40. The van der Waals surface area contributed by atoms with Crippen LogP contribution < -0.4 is 11.1 Å². The van der Waals surface area contributed by atoms with Crippen molar-refractivity contribution in [1.82, 2.24) is 5.32 Å². The highest BCUT2D eigenvalue weighted by atomic mass is 35.5. The van der Waals surface area contributed by atoms with Crippen LogP contribution in [0, 0.1) is 5.92 Å². The topological polar surface area (TPSA) is 72.2 Å². The van der Waals surface area contributed by atoms with Crippen LogP contribution in [-0.4, -0.2) is 28.5 Å². The monoisotopic (exact) mass is 332 g/mol. The minimum Gasteiger partial charge on any atom is -0.354 e. The van der Waals surface area contributed by atoms with Crippen LogP contribution >= 0.6 is 12.4 Å². The molecule has 1 unspecified atom stereocenters. The summed E-state index contributed by atoms with van der Waals surface area (Å²) in [5.74, 6) is 1.21. The third-order valence-corrected chi connectivity index (χ3v) is 4.18. The van der Waals surface area contributed by atoms with Crippen molar-refractivity contribution in [3.63, 3.8) is 0 Å². The SMILES string of the molecule is CC(C)C[C@H](N)C(=O)NCCS(=O)Cc1ccccc1.Cl. The lowest BCUT2D eigenvalue weighted by Gasteiger charge is -2.14. The van der Waals surface area contributed by atoms with Crippen molar-refractivity contribution < 1.29 is 9.00 Å². The Hall–Kier alpha value is -0.910. The third kappa shape index (κ3) is 8.86. The van der Waals surface area contributed by atoms with Crippen molar-refractivity contribution in [3.8, 4) is 0 Å². The fraction of sp³-hybridized carbons (Fsp3) is 0.533. The number of halogens is 1. The molecule has 21 heavy (non-hydrogen) atoms. The highest BCUT2D eigenvalue weighted by Crippen LogP contribution is 2.03. The summed E-state index contributed by atoms with van der Waals surface area (Å²) in [6.07, 6.45) is 0.666. The third-order valence-electron chi connectivity index (χ3n) is 2.86. The van der Waals surface area contributed by atoms with Gasteiger partial charge in [-0.05, 0) is 17.9 Å². The second-order valence-electron chi connectivity index (χ2n) is 5.30. The normalized spacial score (nSPS) is 13.3. The van der Waals surface area contributed by atoms with Crippen LogP contribution in [0.4, 0.5) is 0 Å². The number of amides is 1.